The Kier molecular flexibility index (Phi) is 4.27. The van der Waals surface area contributed by atoms with Crippen molar-refractivity contribution in [2.24, 2.45) is 0 Å². The topological polar surface area (TPSA) is 12.0 Å². The molecule has 0 aliphatic heterocycles. The minimum absolute atomic E-state index is 0.282. The van der Waals surface area contributed by atoms with Crippen molar-refractivity contribution in [1.29, 1.82) is 0 Å². The molecule has 0 spiro atoms. The van der Waals surface area contributed by atoms with Crippen LogP contribution in [-0.4, -0.2) is 13.1 Å². The normalized spacial score (nSPS) is 18.5. The number of likely N-dealkylation sites (N-methyl/N-ethyl adjacent to an activating group) is 1. The van der Waals surface area contributed by atoms with E-state index in [0.717, 1.165) is 24.8 Å². The molecule has 0 bridgehead atoms. The maximum absolute atomic E-state index is 13.2. The molecule has 1 nitrogen and oxygen atoms in total. The lowest BCUT2D eigenvalue weighted by Gasteiger charge is -2.24. The lowest BCUT2D eigenvalue weighted by atomic mass is 9.89. The summed E-state index contributed by atoms with van der Waals surface area (Å²) in [5, 5.41) is 3.94. The lowest BCUT2D eigenvalue weighted by Crippen LogP contribution is -2.33. The zero-order valence-corrected chi connectivity index (χ0v) is 12.8. The Morgan fingerprint density at radius 2 is 2.10 bits per heavy atom. The smallest absolute Gasteiger partial charge is 0.124 e. The van der Waals surface area contributed by atoms with Gasteiger partial charge >= 0.3 is 0 Å². The second kappa shape index (κ2) is 6.17. The van der Waals surface area contributed by atoms with E-state index in [2.05, 4.69) is 29.6 Å². The first-order valence-corrected chi connectivity index (χ1v) is 7.76. The monoisotopic (exact) mass is 303 g/mol. The van der Waals surface area contributed by atoms with Crippen molar-refractivity contribution in [2.45, 2.75) is 31.2 Å². The number of benzene rings is 2. The molecule has 0 saturated carbocycles. The number of hydrogen-bond donors (Lipinski definition) is 1. The summed E-state index contributed by atoms with van der Waals surface area (Å²) < 4.78 is 13.2. The van der Waals surface area contributed by atoms with E-state index in [4.69, 9.17) is 11.6 Å². The summed E-state index contributed by atoms with van der Waals surface area (Å²) >= 11 is 6.17. The molecule has 2 aromatic rings. The third-order valence-corrected chi connectivity index (χ3v) is 4.84. The van der Waals surface area contributed by atoms with Crippen molar-refractivity contribution in [3.05, 3.63) is 70.0 Å². The van der Waals surface area contributed by atoms with E-state index in [1.165, 1.54) is 23.3 Å². The molecule has 21 heavy (non-hydrogen) atoms. The Morgan fingerprint density at radius 3 is 2.86 bits per heavy atom. The maximum Gasteiger partial charge on any atom is 0.124 e. The van der Waals surface area contributed by atoms with Gasteiger partial charge in [0.1, 0.15) is 5.82 Å². The van der Waals surface area contributed by atoms with Crippen LogP contribution in [0.25, 0.3) is 0 Å². The number of fused-ring (bicyclic) bond motifs is 1. The first-order chi connectivity index (χ1) is 10.2. The molecule has 1 aliphatic rings. The molecule has 2 aromatic carbocycles. The fraction of sp³-hybridized carbons (Fsp3) is 0.333. The predicted octanol–water partition coefficient (Wildman–Crippen LogP) is 4.34. The van der Waals surface area contributed by atoms with Gasteiger partial charge < -0.3 is 5.32 Å². The van der Waals surface area contributed by atoms with Crippen LogP contribution in [0.1, 0.15) is 29.0 Å². The summed E-state index contributed by atoms with van der Waals surface area (Å²) in [6.07, 6.45) is 3.11. The van der Waals surface area contributed by atoms with Crippen LogP contribution >= 0.6 is 11.6 Å². The van der Waals surface area contributed by atoms with E-state index < -0.39 is 0 Å². The number of aryl methyl sites for hydroxylation is 1. The van der Waals surface area contributed by atoms with Gasteiger partial charge in [-0.15, -0.1) is 0 Å². The highest BCUT2D eigenvalue weighted by Crippen LogP contribution is 2.36. The first-order valence-electron chi connectivity index (χ1n) is 7.38. The molecule has 1 aliphatic carbocycles. The molecular formula is C18H19ClFN. The van der Waals surface area contributed by atoms with Crippen molar-refractivity contribution in [3.8, 4) is 0 Å². The number of nitrogens with one attached hydrogen (secondary N) is 1. The zero-order chi connectivity index (χ0) is 14.8. The van der Waals surface area contributed by atoms with Gasteiger partial charge in [0.25, 0.3) is 0 Å². The quantitative estimate of drug-likeness (QED) is 0.886. The summed E-state index contributed by atoms with van der Waals surface area (Å²) in [6.45, 7) is 0. The molecule has 110 valence electrons. The van der Waals surface area contributed by atoms with E-state index in [-0.39, 0.29) is 5.82 Å². The van der Waals surface area contributed by atoms with Crippen LogP contribution in [0.2, 0.25) is 5.02 Å². The molecule has 3 heteroatoms. The van der Waals surface area contributed by atoms with E-state index >= 15 is 0 Å². The summed E-state index contributed by atoms with van der Waals surface area (Å²) in [7, 11) is 1.99. The van der Waals surface area contributed by atoms with Gasteiger partial charge in [-0.25, -0.2) is 4.39 Å². The third-order valence-electron chi connectivity index (χ3n) is 4.49. The minimum Gasteiger partial charge on any atom is -0.316 e. The second-order valence-corrected chi connectivity index (χ2v) is 6.09. The van der Waals surface area contributed by atoms with Crippen molar-refractivity contribution in [2.75, 3.05) is 7.05 Å². The van der Waals surface area contributed by atoms with Crippen LogP contribution in [-0.2, 0) is 12.8 Å². The van der Waals surface area contributed by atoms with Crippen LogP contribution in [0.4, 0.5) is 4.39 Å². The Bertz CT molecular complexity index is 641. The number of hydrogen-bond acceptors (Lipinski definition) is 1. The van der Waals surface area contributed by atoms with E-state index in [1.807, 2.05) is 7.05 Å². The van der Waals surface area contributed by atoms with Crippen LogP contribution in [0.15, 0.2) is 42.5 Å². The van der Waals surface area contributed by atoms with Crippen molar-refractivity contribution >= 4 is 11.6 Å². The highest BCUT2D eigenvalue weighted by molar-refractivity contribution is 6.31. The highest BCUT2D eigenvalue weighted by Gasteiger charge is 2.29. The molecule has 0 heterocycles. The Labute approximate surface area is 130 Å². The Morgan fingerprint density at radius 1 is 1.29 bits per heavy atom. The highest BCUT2D eigenvalue weighted by atomic mass is 35.5. The molecule has 0 aromatic heterocycles. The van der Waals surface area contributed by atoms with Crippen molar-refractivity contribution in [3.63, 3.8) is 0 Å². The van der Waals surface area contributed by atoms with Gasteiger partial charge in [-0.1, -0.05) is 41.9 Å². The van der Waals surface area contributed by atoms with Gasteiger partial charge in [0.15, 0.2) is 0 Å². The van der Waals surface area contributed by atoms with Crippen LogP contribution in [0.3, 0.4) is 0 Å². The molecule has 2 unspecified atom stereocenters. The zero-order valence-electron chi connectivity index (χ0n) is 12.1. The molecular weight excluding hydrogens is 285 g/mol. The summed E-state index contributed by atoms with van der Waals surface area (Å²) in [4.78, 5) is 0. The standard InChI is InChI=1S/C18H19ClFN/c1-21-18(10-13-6-8-14(20)11-17(13)19)16-9-7-12-4-2-3-5-15(12)16/h2-6,8,11,16,18,21H,7,9-10H2,1H3. The Hall–Kier alpha value is -1.38. The average Bonchev–Trinajstić information content (AvgIpc) is 2.91. The predicted molar refractivity (Wildman–Crippen MR) is 85.5 cm³/mol. The molecule has 0 fully saturated rings. The molecule has 0 radical (unpaired) electrons. The molecule has 0 amide bonds. The van der Waals surface area contributed by atoms with Gasteiger partial charge in [-0.3, -0.25) is 0 Å². The molecule has 2 atom stereocenters. The van der Waals surface area contributed by atoms with Gasteiger partial charge in [0.2, 0.25) is 0 Å². The first kappa shape index (κ1) is 14.6. The van der Waals surface area contributed by atoms with E-state index in [1.54, 1.807) is 6.07 Å². The van der Waals surface area contributed by atoms with Crippen LogP contribution in [0, 0.1) is 5.82 Å². The van der Waals surface area contributed by atoms with Crippen LogP contribution < -0.4 is 5.32 Å². The van der Waals surface area contributed by atoms with E-state index in [9.17, 15) is 4.39 Å². The molecule has 3 rings (SSSR count). The summed E-state index contributed by atoms with van der Waals surface area (Å²) in [5.41, 5.74) is 3.89. The largest absolute Gasteiger partial charge is 0.316 e. The minimum atomic E-state index is -0.282. The second-order valence-electron chi connectivity index (χ2n) is 5.68. The average molecular weight is 304 g/mol. The fourth-order valence-electron chi connectivity index (χ4n) is 3.38. The fourth-order valence-corrected chi connectivity index (χ4v) is 3.62. The maximum atomic E-state index is 13.2. The number of halogens is 2. The molecule has 1 N–H and O–H groups in total. The summed E-state index contributed by atoms with van der Waals surface area (Å²) in [6, 6.07) is 13.6. The van der Waals surface area contributed by atoms with E-state index in [0.29, 0.717) is 17.0 Å². The van der Waals surface area contributed by atoms with Crippen molar-refractivity contribution < 1.29 is 4.39 Å². The van der Waals surface area contributed by atoms with Gasteiger partial charge in [0.05, 0.1) is 0 Å². The van der Waals surface area contributed by atoms with Gasteiger partial charge in [-0.05, 0) is 55.1 Å². The number of rotatable bonds is 4. The van der Waals surface area contributed by atoms with Crippen molar-refractivity contribution in [1.82, 2.24) is 5.32 Å². The SMILES string of the molecule is CNC(Cc1ccc(F)cc1Cl)C1CCc2ccccc21. The summed E-state index contributed by atoms with van der Waals surface area (Å²) in [5.74, 6) is 0.211. The lowest BCUT2D eigenvalue weighted by molar-refractivity contribution is 0.456. The van der Waals surface area contributed by atoms with Gasteiger partial charge in [0, 0.05) is 17.0 Å². The van der Waals surface area contributed by atoms with Gasteiger partial charge in [-0.2, -0.15) is 0 Å². The third kappa shape index (κ3) is 2.97. The Balaban J connectivity index is 1.83. The van der Waals surface area contributed by atoms with Crippen LogP contribution in [0.5, 0.6) is 0 Å². The molecule has 0 saturated heterocycles.